The van der Waals surface area contributed by atoms with E-state index >= 15 is 0 Å². The maximum absolute atomic E-state index is 13.9. The highest BCUT2D eigenvalue weighted by Gasteiger charge is 2.32. The Balaban J connectivity index is 1.66. The number of nitrogens with one attached hydrogen (secondary N) is 1. The quantitative estimate of drug-likeness (QED) is 0.301. The van der Waals surface area contributed by atoms with Crippen LogP contribution in [-0.2, 0) is 29.0 Å². The van der Waals surface area contributed by atoms with Gasteiger partial charge in [0.05, 0.1) is 6.42 Å². The summed E-state index contributed by atoms with van der Waals surface area (Å²) in [4.78, 5) is 29.4. The first-order chi connectivity index (χ1) is 17.9. The van der Waals surface area contributed by atoms with Gasteiger partial charge in [0, 0.05) is 34.1 Å². The fraction of sp³-hybridized carbons (Fsp3) is 0.333. The highest BCUT2D eigenvalue weighted by atomic mass is 35.5. The van der Waals surface area contributed by atoms with Gasteiger partial charge in [-0.2, -0.15) is 0 Å². The molecule has 0 bridgehead atoms. The molecule has 1 aliphatic carbocycles. The zero-order chi connectivity index (χ0) is 26.2. The van der Waals surface area contributed by atoms with E-state index in [0.717, 1.165) is 36.8 Å². The SMILES string of the molecule is O=C(NC1CCCCC1)[C@@H](Cc1ccccc1)N(Cc1ccc(Cl)cc1)C(=O)Cc1ccc(Cl)cc1Cl. The molecule has 0 unspecified atom stereocenters. The zero-order valence-electron chi connectivity index (χ0n) is 20.6. The molecule has 0 aromatic heterocycles. The van der Waals surface area contributed by atoms with Gasteiger partial charge in [0.1, 0.15) is 6.04 Å². The van der Waals surface area contributed by atoms with E-state index in [1.54, 1.807) is 35.2 Å². The van der Waals surface area contributed by atoms with Crippen LogP contribution in [0.4, 0.5) is 0 Å². The smallest absolute Gasteiger partial charge is 0.243 e. The van der Waals surface area contributed by atoms with Gasteiger partial charge < -0.3 is 10.2 Å². The molecule has 4 rings (SSSR count). The zero-order valence-corrected chi connectivity index (χ0v) is 22.9. The molecular formula is C30H31Cl3N2O2. The van der Waals surface area contributed by atoms with Crippen LogP contribution in [0.15, 0.2) is 72.8 Å². The number of carbonyl (C=O) groups is 2. The van der Waals surface area contributed by atoms with Crippen molar-refractivity contribution < 1.29 is 9.59 Å². The first-order valence-corrected chi connectivity index (χ1v) is 13.8. The summed E-state index contributed by atoms with van der Waals surface area (Å²) in [5.74, 6) is -0.306. The minimum atomic E-state index is -0.682. The van der Waals surface area contributed by atoms with Crippen molar-refractivity contribution in [3.8, 4) is 0 Å². The van der Waals surface area contributed by atoms with Gasteiger partial charge in [0.25, 0.3) is 0 Å². The van der Waals surface area contributed by atoms with Gasteiger partial charge in [0.2, 0.25) is 11.8 Å². The third kappa shape index (κ3) is 7.98. The molecule has 1 N–H and O–H groups in total. The van der Waals surface area contributed by atoms with E-state index in [2.05, 4.69) is 5.32 Å². The van der Waals surface area contributed by atoms with Crippen molar-refractivity contribution in [1.29, 1.82) is 0 Å². The van der Waals surface area contributed by atoms with Crippen LogP contribution in [0, 0.1) is 0 Å². The van der Waals surface area contributed by atoms with Crippen LogP contribution < -0.4 is 5.32 Å². The van der Waals surface area contributed by atoms with Crippen molar-refractivity contribution in [1.82, 2.24) is 10.2 Å². The molecule has 7 heteroatoms. The Labute approximate surface area is 233 Å². The molecule has 0 spiro atoms. The van der Waals surface area contributed by atoms with Crippen LogP contribution >= 0.6 is 34.8 Å². The summed E-state index contributed by atoms with van der Waals surface area (Å²) in [6.45, 7) is 0.275. The molecule has 1 atom stereocenters. The van der Waals surface area contributed by atoms with E-state index in [0.29, 0.717) is 27.1 Å². The molecule has 0 aliphatic heterocycles. The molecule has 3 aromatic carbocycles. The van der Waals surface area contributed by atoms with E-state index in [9.17, 15) is 9.59 Å². The molecule has 37 heavy (non-hydrogen) atoms. The van der Waals surface area contributed by atoms with E-state index in [1.165, 1.54) is 6.42 Å². The standard InChI is InChI=1S/C30H31Cl3N2O2/c31-24-14-11-22(12-15-24)20-35(29(36)18-23-13-16-25(32)19-27(23)33)28(17-21-7-3-1-4-8-21)30(37)34-26-9-5-2-6-10-26/h1,3-4,7-8,11-16,19,26,28H,2,5-6,9-10,17-18,20H2,(H,34,37)/t28-/m1/s1. The molecule has 1 fully saturated rings. The number of nitrogens with zero attached hydrogens (tertiary/aromatic N) is 1. The Morgan fingerprint density at radius 3 is 2.19 bits per heavy atom. The van der Waals surface area contributed by atoms with Crippen LogP contribution in [0.5, 0.6) is 0 Å². The second-order valence-electron chi connectivity index (χ2n) is 9.61. The molecule has 3 aromatic rings. The van der Waals surface area contributed by atoms with Gasteiger partial charge in [-0.3, -0.25) is 9.59 Å². The molecule has 1 aliphatic rings. The number of halogens is 3. The fourth-order valence-electron chi connectivity index (χ4n) is 4.81. The molecule has 2 amide bonds. The Morgan fingerprint density at radius 2 is 1.51 bits per heavy atom. The van der Waals surface area contributed by atoms with Crippen molar-refractivity contribution >= 4 is 46.6 Å². The third-order valence-electron chi connectivity index (χ3n) is 6.85. The Hall–Kier alpha value is -2.53. The minimum absolute atomic E-state index is 0.0611. The first-order valence-electron chi connectivity index (χ1n) is 12.7. The van der Waals surface area contributed by atoms with Gasteiger partial charge >= 0.3 is 0 Å². The minimum Gasteiger partial charge on any atom is -0.352 e. The normalized spacial score (nSPS) is 14.7. The number of hydrogen-bond donors (Lipinski definition) is 1. The number of rotatable bonds is 9. The second-order valence-corrected chi connectivity index (χ2v) is 10.9. The van der Waals surface area contributed by atoms with Gasteiger partial charge in [-0.05, 0) is 53.8 Å². The number of hydrogen-bond acceptors (Lipinski definition) is 2. The van der Waals surface area contributed by atoms with Crippen molar-refractivity contribution in [2.45, 2.75) is 63.6 Å². The van der Waals surface area contributed by atoms with E-state index in [1.807, 2.05) is 42.5 Å². The molecule has 0 radical (unpaired) electrons. The van der Waals surface area contributed by atoms with Gasteiger partial charge in [-0.1, -0.05) is 103 Å². The molecule has 4 nitrogen and oxygen atoms in total. The van der Waals surface area contributed by atoms with Crippen molar-refractivity contribution in [2.24, 2.45) is 0 Å². The monoisotopic (exact) mass is 556 g/mol. The number of amides is 2. The average Bonchev–Trinajstić information content (AvgIpc) is 2.90. The van der Waals surface area contributed by atoms with Crippen LogP contribution in [0.25, 0.3) is 0 Å². The molecule has 0 heterocycles. The van der Waals surface area contributed by atoms with E-state index < -0.39 is 6.04 Å². The highest BCUT2D eigenvalue weighted by Crippen LogP contribution is 2.24. The first kappa shape index (κ1) is 27.5. The maximum Gasteiger partial charge on any atom is 0.243 e. The lowest BCUT2D eigenvalue weighted by Gasteiger charge is -2.33. The third-order valence-corrected chi connectivity index (χ3v) is 7.68. The number of benzene rings is 3. The summed E-state index contributed by atoms with van der Waals surface area (Å²) in [6.07, 6.45) is 5.82. The topological polar surface area (TPSA) is 49.4 Å². The summed E-state index contributed by atoms with van der Waals surface area (Å²) in [5, 5.41) is 4.81. The summed E-state index contributed by atoms with van der Waals surface area (Å²) in [5.41, 5.74) is 2.55. The lowest BCUT2D eigenvalue weighted by atomic mass is 9.94. The molecule has 0 saturated heterocycles. The summed E-state index contributed by atoms with van der Waals surface area (Å²) in [6, 6.07) is 21.7. The van der Waals surface area contributed by atoms with Crippen LogP contribution in [0.3, 0.4) is 0 Å². The van der Waals surface area contributed by atoms with Crippen LogP contribution in [0.1, 0.15) is 48.8 Å². The maximum atomic E-state index is 13.9. The second kappa shape index (κ2) is 13.3. The predicted molar refractivity (Wildman–Crippen MR) is 151 cm³/mol. The fourth-order valence-corrected chi connectivity index (χ4v) is 5.42. The largest absolute Gasteiger partial charge is 0.352 e. The van der Waals surface area contributed by atoms with E-state index in [4.69, 9.17) is 34.8 Å². The summed E-state index contributed by atoms with van der Waals surface area (Å²) in [7, 11) is 0. The van der Waals surface area contributed by atoms with Gasteiger partial charge in [-0.25, -0.2) is 0 Å². The molecule has 1 saturated carbocycles. The molecule has 194 valence electrons. The van der Waals surface area contributed by atoms with Crippen molar-refractivity contribution in [3.63, 3.8) is 0 Å². The van der Waals surface area contributed by atoms with Gasteiger partial charge in [-0.15, -0.1) is 0 Å². The summed E-state index contributed by atoms with van der Waals surface area (Å²) >= 11 is 18.6. The number of carbonyl (C=O) groups excluding carboxylic acids is 2. The Bertz CT molecular complexity index is 1200. The highest BCUT2D eigenvalue weighted by molar-refractivity contribution is 6.35. The summed E-state index contributed by atoms with van der Waals surface area (Å²) < 4.78 is 0. The van der Waals surface area contributed by atoms with Crippen LogP contribution in [0.2, 0.25) is 15.1 Å². The molecular weight excluding hydrogens is 527 g/mol. The lowest BCUT2D eigenvalue weighted by Crippen LogP contribution is -2.53. The Morgan fingerprint density at radius 1 is 0.838 bits per heavy atom. The van der Waals surface area contributed by atoms with Crippen LogP contribution in [-0.4, -0.2) is 28.8 Å². The van der Waals surface area contributed by atoms with E-state index in [-0.39, 0.29) is 30.8 Å². The Kier molecular flexibility index (Phi) is 9.90. The lowest BCUT2D eigenvalue weighted by molar-refractivity contribution is -0.141. The predicted octanol–water partition coefficient (Wildman–Crippen LogP) is 7.28. The van der Waals surface area contributed by atoms with Crippen molar-refractivity contribution in [3.05, 3.63) is 105 Å². The van der Waals surface area contributed by atoms with Gasteiger partial charge in [0.15, 0.2) is 0 Å². The van der Waals surface area contributed by atoms with Crippen molar-refractivity contribution in [2.75, 3.05) is 0 Å². The average molecular weight is 558 g/mol.